The number of rotatable bonds is 3. The van der Waals surface area contributed by atoms with Crippen LogP contribution in [-0.2, 0) is 19.4 Å². The fraction of sp³-hybridized carbons (Fsp3) is 0.333. The summed E-state index contributed by atoms with van der Waals surface area (Å²) in [7, 11) is 0. The lowest BCUT2D eigenvalue weighted by atomic mass is 10.0. The van der Waals surface area contributed by atoms with Gasteiger partial charge < -0.3 is 4.90 Å². The topological polar surface area (TPSA) is 32.3 Å². The molecule has 4 nitrogen and oxygen atoms in total. The Morgan fingerprint density at radius 3 is 2.69 bits per heavy atom. The summed E-state index contributed by atoms with van der Waals surface area (Å²) < 4.78 is 0. The minimum atomic E-state index is 1.02. The van der Waals surface area contributed by atoms with Crippen LogP contribution in [0.15, 0.2) is 48.8 Å². The lowest BCUT2D eigenvalue weighted by molar-refractivity contribution is 0.250. The molecule has 0 N–H and O–H groups in total. The third-order valence-electron chi connectivity index (χ3n) is 6.43. The van der Waals surface area contributed by atoms with Gasteiger partial charge in [0, 0.05) is 37.6 Å². The predicted molar refractivity (Wildman–Crippen MR) is 121 cm³/mol. The molecule has 0 spiro atoms. The Bertz CT molecular complexity index is 1180. The summed E-state index contributed by atoms with van der Waals surface area (Å²) in [6.45, 7) is 5.22. The Hall–Kier alpha value is -2.50. The van der Waals surface area contributed by atoms with Crippen LogP contribution in [0.3, 0.4) is 0 Å². The molecule has 6 rings (SSSR count). The summed E-state index contributed by atoms with van der Waals surface area (Å²) in [5.41, 5.74) is 2.95. The van der Waals surface area contributed by atoms with Crippen molar-refractivity contribution in [1.29, 1.82) is 0 Å². The van der Waals surface area contributed by atoms with Crippen molar-refractivity contribution in [3.63, 3.8) is 0 Å². The van der Waals surface area contributed by atoms with E-state index in [4.69, 9.17) is 4.98 Å². The van der Waals surface area contributed by atoms with E-state index in [1.54, 1.807) is 6.33 Å². The van der Waals surface area contributed by atoms with Crippen LogP contribution in [0.1, 0.15) is 22.4 Å². The molecule has 0 amide bonds. The summed E-state index contributed by atoms with van der Waals surface area (Å²) in [6.07, 6.45) is 5.45. The lowest BCUT2D eigenvalue weighted by Crippen LogP contribution is -2.46. The molecular formula is C24H24N4S. The van der Waals surface area contributed by atoms with E-state index in [1.807, 2.05) is 11.3 Å². The third-order valence-corrected chi connectivity index (χ3v) is 7.63. The monoisotopic (exact) mass is 400 g/mol. The van der Waals surface area contributed by atoms with E-state index in [9.17, 15) is 0 Å². The normalized spacial score (nSPS) is 17.3. The van der Waals surface area contributed by atoms with Crippen LogP contribution >= 0.6 is 11.3 Å². The number of fused-ring (bicyclic) bond motifs is 4. The molecule has 2 aliphatic rings. The molecule has 4 aromatic rings. The number of nitrogens with zero attached hydrogens (tertiary/aromatic N) is 4. The molecule has 3 heterocycles. The van der Waals surface area contributed by atoms with E-state index in [-0.39, 0.29) is 0 Å². The second-order valence-corrected chi connectivity index (χ2v) is 9.22. The number of piperazine rings is 1. The summed E-state index contributed by atoms with van der Waals surface area (Å²) in [5.74, 6) is 1.17. The van der Waals surface area contributed by atoms with E-state index in [2.05, 4.69) is 57.2 Å². The Morgan fingerprint density at radius 2 is 1.76 bits per heavy atom. The molecule has 146 valence electrons. The second-order valence-electron chi connectivity index (χ2n) is 8.14. The molecule has 0 bridgehead atoms. The van der Waals surface area contributed by atoms with Crippen molar-refractivity contribution in [2.24, 2.45) is 0 Å². The first-order valence-electron chi connectivity index (χ1n) is 10.6. The van der Waals surface area contributed by atoms with E-state index in [1.165, 1.54) is 62.1 Å². The molecule has 1 fully saturated rings. The van der Waals surface area contributed by atoms with Gasteiger partial charge in [-0.2, -0.15) is 0 Å². The van der Waals surface area contributed by atoms with Crippen LogP contribution in [0.4, 0.5) is 5.82 Å². The van der Waals surface area contributed by atoms with Crippen molar-refractivity contribution >= 4 is 38.1 Å². The van der Waals surface area contributed by atoms with Gasteiger partial charge >= 0.3 is 0 Å². The molecular weight excluding hydrogens is 376 g/mol. The fourth-order valence-electron chi connectivity index (χ4n) is 4.94. The zero-order valence-corrected chi connectivity index (χ0v) is 17.3. The van der Waals surface area contributed by atoms with Gasteiger partial charge in [0.05, 0.1) is 5.39 Å². The predicted octanol–water partition coefficient (Wildman–Crippen LogP) is 4.66. The maximum Gasteiger partial charge on any atom is 0.141 e. The zero-order valence-electron chi connectivity index (χ0n) is 16.5. The highest BCUT2D eigenvalue weighted by Crippen LogP contribution is 2.40. The van der Waals surface area contributed by atoms with Crippen LogP contribution in [0, 0.1) is 0 Å². The Kier molecular flexibility index (Phi) is 4.24. The first-order valence-corrected chi connectivity index (χ1v) is 11.4. The Morgan fingerprint density at radius 1 is 0.897 bits per heavy atom. The molecule has 5 heteroatoms. The van der Waals surface area contributed by atoms with E-state index < -0.39 is 0 Å². The first-order chi connectivity index (χ1) is 14.4. The minimum absolute atomic E-state index is 1.02. The molecule has 0 unspecified atom stereocenters. The van der Waals surface area contributed by atoms with Crippen molar-refractivity contribution in [3.05, 3.63) is 64.8 Å². The molecule has 2 aromatic heterocycles. The summed E-state index contributed by atoms with van der Waals surface area (Å²) in [4.78, 5) is 17.1. The maximum absolute atomic E-state index is 4.73. The third kappa shape index (κ3) is 3.00. The van der Waals surface area contributed by atoms with E-state index in [0.29, 0.717) is 0 Å². The quantitative estimate of drug-likeness (QED) is 0.501. The van der Waals surface area contributed by atoms with E-state index in [0.717, 1.165) is 32.7 Å². The van der Waals surface area contributed by atoms with Gasteiger partial charge in [0.15, 0.2) is 0 Å². The highest BCUT2D eigenvalue weighted by Gasteiger charge is 2.25. The van der Waals surface area contributed by atoms with Crippen molar-refractivity contribution < 1.29 is 0 Å². The standard InChI is InChI=1S/C24H24N4S/c1-2-8-19-17(5-1)6-3-7-18(19)15-27-11-13-28(14-12-27)23-22-20-9-4-10-21(20)29-24(22)26-16-25-23/h1-3,5-8,16H,4,9-15H2. The first kappa shape index (κ1) is 17.4. The average Bonchev–Trinajstić information content (AvgIpc) is 3.36. The number of thiophene rings is 1. The molecule has 2 aromatic carbocycles. The van der Waals surface area contributed by atoms with Crippen LogP contribution in [-0.4, -0.2) is 41.0 Å². The van der Waals surface area contributed by atoms with E-state index >= 15 is 0 Å². The van der Waals surface area contributed by atoms with Crippen molar-refractivity contribution in [3.8, 4) is 0 Å². The summed E-state index contributed by atoms with van der Waals surface area (Å²) in [6, 6.07) is 15.4. The van der Waals surface area contributed by atoms with Gasteiger partial charge in [-0.15, -0.1) is 11.3 Å². The largest absolute Gasteiger partial charge is 0.353 e. The van der Waals surface area contributed by atoms with Gasteiger partial charge in [0.1, 0.15) is 17.0 Å². The highest BCUT2D eigenvalue weighted by atomic mass is 32.1. The number of aromatic nitrogens is 2. The molecule has 0 radical (unpaired) electrons. The molecule has 1 aliphatic carbocycles. The minimum Gasteiger partial charge on any atom is -0.353 e. The number of aryl methyl sites for hydroxylation is 2. The smallest absolute Gasteiger partial charge is 0.141 e. The van der Waals surface area contributed by atoms with Gasteiger partial charge in [-0.25, -0.2) is 9.97 Å². The number of anilines is 1. The SMILES string of the molecule is c1ccc2c(CN3CCN(c4ncnc5sc6c(c45)CCC6)CC3)cccc2c1. The van der Waals surface area contributed by atoms with Gasteiger partial charge in [-0.3, -0.25) is 4.90 Å². The Labute approximate surface area is 174 Å². The zero-order chi connectivity index (χ0) is 19.2. The molecule has 0 atom stereocenters. The van der Waals surface area contributed by atoms with Crippen molar-refractivity contribution in [2.45, 2.75) is 25.8 Å². The number of hydrogen-bond donors (Lipinski definition) is 0. The van der Waals surface area contributed by atoms with Gasteiger partial charge in [-0.05, 0) is 41.2 Å². The number of benzene rings is 2. The summed E-state index contributed by atoms with van der Waals surface area (Å²) >= 11 is 1.88. The lowest BCUT2D eigenvalue weighted by Gasteiger charge is -2.36. The average molecular weight is 401 g/mol. The Balaban J connectivity index is 1.22. The fourth-order valence-corrected chi connectivity index (χ4v) is 6.16. The molecule has 29 heavy (non-hydrogen) atoms. The van der Waals surface area contributed by atoms with Crippen molar-refractivity contribution in [1.82, 2.24) is 14.9 Å². The second kappa shape index (κ2) is 7.08. The van der Waals surface area contributed by atoms with Gasteiger partial charge in [0.2, 0.25) is 0 Å². The van der Waals surface area contributed by atoms with Gasteiger partial charge in [0.25, 0.3) is 0 Å². The summed E-state index contributed by atoms with van der Waals surface area (Å²) in [5, 5.41) is 4.05. The highest BCUT2D eigenvalue weighted by molar-refractivity contribution is 7.19. The van der Waals surface area contributed by atoms with Crippen LogP contribution in [0.5, 0.6) is 0 Å². The molecule has 0 saturated carbocycles. The van der Waals surface area contributed by atoms with Crippen LogP contribution < -0.4 is 4.90 Å². The van der Waals surface area contributed by atoms with Crippen molar-refractivity contribution in [2.75, 3.05) is 31.1 Å². The number of hydrogen-bond acceptors (Lipinski definition) is 5. The maximum atomic E-state index is 4.73. The van der Waals surface area contributed by atoms with Crippen LogP contribution in [0.25, 0.3) is 21.0 Å². The van der Waals surface area contributed by atoms with Crippen LogP contribution in [0.2, 0.25) is 0 Å². The van der Waals surface area contributed by atoms with Gasteiger partial charge in [-0.1, -0.05) is 42.5 Å². The molecule has 1 aliphatic heterocycles. The molecule has 1 saturated heterocycles.